The molecule has 696 valence electrons. The molecule has 4 aromatic carbocycles. The van der Waals surface area contributed by atoms with E-state index in [2.05, 4.69) is 87.5 Å². The van der Waals surface area contributed by atoms with Crippen molar-refractivity contribution in [3.63, 3.8) is 0 Å². The summed E-state index contributed by atoms with van der Waals surface area (Å²) >= 11 is 0. The van der Waals surface area contributed by atoms with Crippen molar-refractivity contribution >= 4 is 78.2 Å². The number of hydrogen-bond donors (Lipinski definition) is 6. The van der Waals surface area contributed by atoms with Gasteiger partial charge >= 0.3 is 33.8 Å². The zero-order valence-electron chi connectivity index (χ0n) is 75.7. The number of aromatic nitrogens is 12. The number of ketones is 2. The Bertz CT molecular complexity index is 6870. The maximum Gasteiger partial charge on any atom is 0.337 e. The number of fused-ring (bicyclic) bond motifs is 6. The number of nitrogens with zero attached hydrogens (tertiary/aromatic N) is 6. The second-order valence-corrected chi connectivity index (χ2v) is 30.4. The van der Waals surface area contributed by atoms with Gasteiger partial charge in [0.05, 0.1) is 0 Å². The Labute approximate surface area is 760 Å². The number of carbonyl (C=O) groups excluding carboxylic acids is 2. The number of hydrogen-bond acceptors (Lipinski definition) is 30. The number of benzene rings is 4. The molecule has 0 aliphatic rings. The van der Waals surface area contributed by atoms with Gasteiger partial charge in [-0.2, -0.15) is 29.9 Å². The van der Waals surface area contributed by atoms with Gasteiger partial charge < -0.3 is 55.4 Å². The Morgan fingerprint density at radius 1 is 0.261 bits per heavy atom. The molecule has 36 nitrogen and oxygen atoms in total. The monoisotopic (exact) mass is 1830 g/mol. The standard InChI is InChI=1S/4C19H20N2O4.2C11H10N2O4/c4*1-3-8-14(13-9-6-5-7-10-13)24-19-20-17(23)16-12(4-2)11-15(22)25-18(16)21-19;2*1-3-6-4-7(15)17-11-8(6)10(16)12-9(13-11)5(2)14/h4*5-7,9-11,14H,3-4,8H2,1-2H3,(H,20,21,23);2*4H,3H2,1-2H3,(H,12,13,16)/t4*14-;;/m1100../s1. The second-order valence-electron chi connectivity index (χ2n) is 30.4. The van der Waals surface area contributed by atoms with Crippen LogP contribution in [-0.2, 0) is 38.5 Å². The van der Waals surface area contributed by atoms with E-state index in [1.54, 1.807) is 0 Å². The Kier molecular flexibility index (Phi) is 34.2. The van der Waals surface area contributed by atoms with E-state index in [4.69, 9.17) is 45.5 Å². The van der Waals surface area contributed by atoms with Crippen molar-refractivity contribution in [2.75, 3.05) is 0 Å². The minimum Gasteiger partial charge on any atom is -0.456 e. The summed E-state index contributed by atoms with van der Waals surface area (Å²) < 4.78 is 53.8. The van der Waals surface area contributed by atoms with E-state index in [-0.39, 0.29) is 127 Å². The lowest BCUT2D eigenvalue weighted by atomic mass is 10.1. The highest BCUT2D eigenvalue weighted by atomic mass is 16.5. The van der Waals surface area contributed by atoms with Gasteiger partial charge in [-0.25, -0.2) is 28.8 Å². The summed E-state index contributed by atoms with van der Waals surface area (Å²) in [6.45, 7) is 21.9. The van der Waals surface area contributed by atoms with Crippen molar-refractivity contribution in [3.8, 4) is 24.0 Å². The number of Topliss-reactive ketones (excluding diaryl/α,β-unsaturated/α-hetero) is 2. The topological polar surface area (TPSA) is 527 Å². The zero-order chi connectivity index (χ0) is 96.4. The average Bonchev–Trinajstić information content (AvgIpc) is 0.810. The molecular weight excluding hydrogens is 1730 g/mol. The van der Waals surface area contributed by atoms with Gasteiger partial charge in [-0.05, 0) is 120 Å². The summed E-state index contributed by atoms with van der Waals surface area (Å²) in [5.74, 6) is -1.01. The first-order chi connectivity index (χ1) is 64.5. The van der Waals surface area contributed by atoms with Crippen LogP contribution in [0, 0.1) is 0 Å². The quantitative estimate of drug-likeness (QED) is 0.0248. The van der Waals surface area contributed by atoms with Gasteiger partial charge in [0, 0.05) is 50.2 Å². The van der Waals surface area contributed by atoms with E-state index in [0.29, 0.717) is 93.5 Å². The maximum atomic E-state index is 12.4. The Hall–Kier alpha value is -16.0. The third kappa shape index (κ3) is 24.9. The van der Waals surface area contributed by atoms with E-state index >= 15 is 0 Å². The van der Waals surface area contributed by atoms with Crippen molar-refractivity contribution in [1.82, 2.24) is 59.8 Å². The molecular formula is C98H100N12O24. The van der Waals surface area contributed by atoms with Gasteiger partial charge in [0.15, 0.2) is 23.2 Å². The van der Waals surface area contributed by atoms with Crippen LogP contribution >= 0.6 is 0 Å². The van der Waals surface area contributed by atoms with E-state index in [9.17, 15) is 67.1 Å². The van der Waals surface area contributed by atoms with Crippen molar-refractivity contribution in [2.45, 2.75) is 197 Å². The zero-order valence-corrected chi connectivity index (χ0v) is 75.7. The van der Waals surface area contributed by atoms with Crippen LogP contribution in [0.5, 0.6) is 24.0 Å². The van der Waals surface area contributed by atoms with Crippen LogP contribution in [0.2, 0.25) is 0 Å². The number of H-pyrrole nitrogens is 6. The first-order valence-electron chi connectivity index (χ1n) is 43.8. The van der Waals surface area contributed by atoms with Crippen molar-refractivity contribution < 1.29 is 55.0 Å². The number of nitrogens with one attached hydrogen (secondary N) is 6. The largest absolute Gasteiger partial charge is 0.456 e. The molecule has 0 unspecified atom stereocenters. The normalized spacial score (nSPS) is 11.9. The van der Waals surface area contributed by atoms with Crippen molar-refractivity contribution in [1.29, 1.82) is 0 Å². The first kappa shape index (κ1) is 98.6. The van der Waals surface area contributed by atoms with E-state index < -0.39 is 56.4 Å². The lowest BCUT2D eigenvalue weighted by Crippen LogP contribution is -2.17. The molecule has 0 saturated carbocycles. The van der Waals surface area contributed by atoms with E-state index in [1.165, 1.54) is 50.2 Å². The van der Waals surface area contributed by atoms with Crippen LogP contribution in [0.3, 0.4) is 0 Å². The Balaban J connectivity index is 0.000000156. The first-order valence-corrected chi connectivity index (χ1v) is 43.8. The molecule has 0 amide bonds. The molecule has 0 radical (unpaired) electrons. The number of rotatable bonds is 28. The molecule has 16 aromatic rings. The molecule has 36 heteroatoms. The number of ether oxygens (including phenoxy) is 4. The molecule has 16 rings (SSSR count). The summed E-state index contributed by atoms with van der Waals surface area (Å²) in [4.78, 5) is 205. The van der Waals surface area contributed by atoms with Crippen LogP contribution < -0.4 is 86.1 Å². The van der Waals surface area contributed by atoms with Crippen molar-refractivity contribution in [2.24, 2.45) is 0 Å². The number of aryl methyl sites for hydroxylation is 6. The Morgan fingerprint density at radius 3 is 0.597 bits per heavy atom. The molecule has 0 bridgehead atoms. The fourth-order valence-electron chi connectivity index (χ4n) is 14.5. The van der Waals surface area contributed by atoms with Crippen LogP contribution in [0.4, 0.5) is 0 Å². The number of aromatic amines is 6. The second kappa shape index (κ2) is 46.5. The van der Waals surface area contributed by atoms with Gasteiger partial charge in [0.1, 0.15) is 56.7 Å². The SMILES string of the molecule is CCC[C@@H](Oc1nc2oc(=O)cc(CC)c2c(=O)[nH]1)c1ccccc1.CCC[C@@H](Oc1nc2oc(=O)cc(CC)c2c(=O)[nH]1)c1ccccc1.CCC[C@H](Oc1nc2oc(=O)cc(CC)c2c(=O)[nH]1)c1ccccc1.CCC[C@H](Oc1nc2oc(=O)cc(CC)c2c(=O)[nH]1)c1ccccc1.CCc1cc(=O)oc2nc(C(C)=O)[nH]c(=O)c12.CCc1cc(=O)oc2nc(C(C)=O)[nH]c(=O)c12. The maximum absolute atomic E-state index is 12.4. The molecule has 12 aromatic heterocycles. The highest BCUT2D eigenvalue weighted by molar-refractivity contribution is 5.93. The molecule has 4 atom stereocenters. The number of carbonyl (C=O) groups is 2. The average molecular weight is 1830 g/mol. The summed E-state index contributed by atoms with van der Waals surface area (Å²) in [5.41, 5.74) is 1.68. The predicted octanol–water partition coefficient (Wildman–Crippen LogP) is 14.7. The van der Waals surface area contributed by atoms with Crippen molar-refractivity contribution in [3.05, 3.63) is 350 Å². The lowest BCUT2D eigenvalue weighted by molar-refractivity contribution is 0.0995. The molecule has 12 heterocycles. The third-order valence-corrected chi connectivity index (χ3v) is 20.9. The van der Waals surface area contributed by atoms with Crippen LogP contribution in [0.15, 0.2) is 242 Å². The molecule has 0 aliphatic carbocycles. The predicted molar refractivity (Wildman–Crippen MR) is 501 cm³/mol. The molecule has 0 saturated heterocycles. The van der Waals surface area contributed by atoms with E-state index in [0.717, 1.165) is 73.6 Å². The molecule has 134 heavy (non-hydrogen) atoms. The van der Waals surface area contributed by atoms with E-state index in [1.807, 2.05) is 163 Å². The van der Waals surface area contributed by atoms with Gasteiger partial charge in [0.2, 0.25) is 34.3 Å². The molecule has 6 N–H and O–H groups in total. The summed E-state index contributed by atoms with van der Waals surface area (Å²) in [7, 11) is 0. The summed E-state index contributed by atoms with van der Waals surface area (Å²) in [6, 6.07) is 47.0. The lowest BCUT2D eigenvalue weighted by Gasteiger charge is -2.18. The highest BCUT2D eigenvalue weighted by Gasteiger charge is 2.25. The summed E-state index contributed by atoms with van der Waals surface area (Å²) in [6.07, 6.45) is 8.90. The Morgan fingerprint density at radius 2 is 0.433 bits per heavy atom. The van der Waals surface area contributed by atoms with Gasteiger partial charge in [0.25, 0.3) is 57.4 Å². The summed E-state index contributed by atoms with van der Waals surface area (Å²) in [5, 5.41) is 1.61. The van der Waals surface area contributed by atoms with Crippen LogP contribution in [0.1, 0.15) is 236 Å². The van der Waals surface area contributed by atoms with Crippen LogP contribution in [0.25, 0.3) is 66.6 Å². The fraction of sp³-hybridized carbons (Fsp3) is 0.306. The van der Waals surface area contributed by atoms with Gasteiger partial charge in [-0.3, -0.25) is 58.3 Å². The highest BCUT2D eigenvalue weighted by Crippen LogP contribution is 2.30. The third-order valence-electron chi connectivity index (χ3n) is 20.9. The van der Waals surface area contributed by atoms with Gasteiger partial charge in [-0.1, -0.05) is 216 Å². The minimum atomic E-state index is -0.582. The van der Waals surface area contributed by atoms with Gasteiger partial charge in [-0.15, -0.1) is 0 Å². The van der Waals surface area contributed by atoms with Crippen LogP contribution in [-0.4, -0.2) is 71.4 Å². The smallest absolute Gasteiger partial charge is 0.337 e. The molecule has 0 aliphatic heterocycles. The molecule has 0 spiro atoms. The molecule has 0 fully saturated rings. The fourth-order valence-corrected chi connectivity index (χ4v) is 14.5. The minimum absolute atomic E-state index is 0.00594.